The first-order valence-electron chi connectivity index (χ1n) is 5.39. The summed E-state index contributed by atoms with van der Waals surface area (Å²) in [7, 11) is 0. The number of nitrogen functional groups attached to an aromatic ring is 1. The fraction of sp³-hybridized carbons (Fsp3) is 0.0833. The Morgan fingerprint density at radius 2 is 2.11 bits per heavy atom. The van der Waals surface area contributed by atoms with Gasteiger partial charge in [-0.25, -0.2) is 9.97 Å². The van der Waals surface area contributed by atoms with Crippen molar-refractivity contribution in [3.63, 3.8) is 0 Å². The summed E-state index contributed by atoms with van der Waals surface area (Å²) in [6.07, 6.45) is 3.20. The van der Waals surface area contributed by atoms with E-state index in [4.69, 9.17) is 5.73 Å². The van der Waals surface area contributed by atoms with Crippen LogP contribution in [0.15, 0.2) is 46.2 Å². The average molecular weight is 339 g/mol. The van der Waals surface area contributed by atoms with E-state index < -0.39 is 0 Å². The highest BCUT2D eigenvalue weighted by atomic mass is 79.9. The van der Waals surface area contributed by atoms with Gasteiger partial charge in [0.15, 0.2) is 0 Å². The monoisotopic (exact) mass is 338 g/mol. The van der Waals surface area contributed by atoms with Crippen molar-refractivity contribution in [3.05, 3.63) is 41.1 Å². The molecule has 2 heterocycles. The van der Waals surface area contributed by atoms with E-state index in [1.165, 1.54) is 11.8 Å². The number of carbonyl (C=O) groups is 1. The third-order valence-corrected chi connectivity index (χ3v) is 3.52. The van der Waals surface area contributed by atoms with Crippen LogP contribution in [0.1, 0.15) is 0 Å². The van der Waals surface area contributed by atoms with Crippen LogP contribution in [0, 0.1) is 0 Å². The molecule has 98 valence electrons. The summed E-state index contributed by atoms with van der Waals surface area (Å²) in [4.78, 5) is 19.9. The van der Waals surface area contributed by atoms with E-state index in [-0.39, 0.29) is 11.7 Å². The number of nitrogens with zero attached hydrogens (tertiary/aromatic N) is 2. The van der Waals surface area contributed by atoms with Gasteiger partial charge in [-0.05, 0) is 40.2 Å². The highest BCUT2D eigenvalue weighted by molar-refractivity contribution is 9.10. The smallest absolute Gasteiger partial charge is 0.235 e. The summed E-state index contributed by atoms with van der Waals surface area (Å²) in [5.41, 5.74) is 6.14. The Kier molecular flexibility index (Phi) is 4.75. The summed E-state index contributed by atoms with van der Waals surface area (Å²) in [6.45, 7) is 0. The first-order valence-corrected chi connectivity index (χ1v) is 7.17. The fourth-order valence-corrected chi connectivity index (χ4v) is 2.12. The largest absolute Gasteiger partial charge is 0.397 e. The first kappa shape index (κ1) is 13.8. The van der Waals surface area contributed by atoms with Crippen LogP contribution in [0.2, 0.25) is 0 Å². The number of nitrogens with one attached hydrogen (secondary N) is 1. The van der Waals surface area contributed by atoms with Crippen LogP contribution in [0.4, 0.5) is 11.5 Å². The molecule has 0 unspecified atom stereocenters. The quantitative estimate of drug-likeness (QED) is 0.837. The van der Waals surface area contributed by atoms with Crippen LogP contribution in [-0.4, -0.2) is 21.6 Å². The second-order valence-electron chi connectivity index (χ2n) is 3.63. The van der Waals surface area contributed by atoms with Gasteiger partial charge in [0.2, 0.25) is 5.91 Å². The number of anilines is 2. The van der Waals surface area contributed by atoms with Gasteiger partial charge in [-0.3, -0.25) is 4.79 Å². The van der Waals surface area contributed by atoms with E-state index in [0.29, 0.717) is 11.5 Å². The Morgan fingerprint density at radius 1 is 1.26 bits per heavy atom. The summed E-state index contributed by atoms with van der Waals surface area (Å²) in [5.74, 6) is 0.673. The molecular formula is C12H11BrN4OS. The standard InChI is InChI=1S/C12H11BrN4OS/c13-8-1-3-10(15-5-8)17-11(18)7-19-12-4-2-9(14)6-16-12/h1-6H,7,14H2,(H,15,17,18). The molecule has 19 heavy (non-hydrogen) atoms. The van der Waals surface area contributed by atoms with Gasteiger partial charge in [0, 0.05) is 10.7 Å². The number of nitrogens with two attached hydrogens (primary N) is 1. The van der Waals surface area contributed by atoms with Crippen LogP contribution in [0.5, 0.6) is 0 Å². The molecule has 0 spiro atoms. The van der Waals surface area contributed by atoms with Crippen molar-refractivity contribution in [2.24, 2.45) is 0 Å². The third kappa shape index (κ3) is 4.53. The summed E-state index contributed by atoms with van der Waals surface area (Å²) in [6, 6.07) is 7.08. The molecular weight excluding hydrogens is 328 g/mol. The lowest BCUT2D eigenvalue weighted by atomic mass is 10.4. The van der Waals surface area contributed by atoms with Crippen LogP contribution >= 0.6 is 27.7 Å². The van der Waals surface area contributed by atoms with Crippen molar-refractivity contribution < 1.29 is 4.79 Å². The Balaban J connectivity index is 1.84. The molecule has 5 nitrogen and oxygen atoms in total. The molecule has 0 aliphatic carbocycles. The average Bonchev–Trinajstić information content (AvgIpc) is 2.41. The molecule has 1 amide bonds. The number of rotatable bonds is 4. The number of hydrogen-bond acceptors (Lipinski definition) is 5. The van der Waals surface area contributed by atoms with Gasteiger partial charge < -0.3 is 11.1 Å². The molecule has 2 aromatic heterocycles. The molecule has 2 rings (SSSR count). The number of aromatic nitrogens is 2. The molecule has 0 radical (unpaired) electrons. The topological polar surface area (TPSA) is 80.9 Å². The normalized spacial score (nSPS) is 10.2. The van der Waals surface area contributed by atoms with Gasteiger partial charge in [0.05, 0.1) is 22.7 Å². The molecule has 0 atom stereocenters. The van der Waals surface area contributed by atoms with E-state index in [9.17, 15) is 4.79 Å². The number of carbonyl (C=O) groups excluding carboxylic acids is 1. The predicted octanol–water partition coefficient (Wildman–Crippen LogP) is 2.55. The van der Waals surface area contributed by atoms with E-state index in [1.54, 1.807) is 30.6 Å². The Hall–Kier alpha value is -1.60. The zero-order chi connectivity index (χ0) is 13.7. The first-order chi connectivity index (χ1) is 9.13. The van der Waals surface area contributed by atoms with E-state index in [0.717, 1.165) is 9.50 Å². The van der Waals surface area contributed by atoms with Crippen LogP contribution < -0.4 is 11.1 Å². The van der Waals surface area contributed by atoms with Gasteiger partial charge >= 0.3 is 0 Å². The highest BCUT2D eigenvalue weighted by Crippen LogP contribution is 2.16. The summed E-state index contributed by atoms with van der Waals surface area (Å²) < 4.78 is 0.867. The van der Waals surface area contributed by atoms with Crippen molar-refractivity contribution >= 4 is 45.1 Å². The maximum atomic E-state index is 11.7. The number of amides is 1. The predicted molar refractivity (Wildman–Crippen MR) is 79.9 cm³/mol. The molecule has 0 bridgehead atoms. The molecule has 0 aliphatic heterocycles. The lowest BCUT2D eigenvalue weighted by molar-refractivity contribution is -0.113. The molecule has 0 saturated heterocycles. The minimum absolute atomic E-state index is 0.126. The van der Waals surface area contributed by atoms with Crippen molar-refractivity contribution in [1.82, 2.24) is 9.97 Å². The van der Waals surface area contributed by atoms with E-state index in [1.807, 2.05) is 6.07 Å². The van der Waals surface area contributed by atoms with Crippen molar-refractivity contribution in [3.8, 4) is 0 Å². The Bertz CT molecular complexity index is 559. The van der Waals surface area contributed by atoms with Crippen molar-refractivity contribution in [1.29, 1.82) is 0 Å². The number of thioether (sulfide) groups is 1. The lowest BCUT2D eigenvalue weighted by Gasteiger charge is -2.04. The van der Waals surface area contributed by atoms with Crippen LogP contribution in [-0.2, 0) is 4.79 Å². The Morgan fingerprint density at radius 3 is 2.74 bits per heavy atom. The maximum Gasteiger partial charge on any atom is 0.235 e. The molecule has 0 aromatic carbocycles. The van der Waals surface area contributed by atoms with E-state index >= 15 is 0 Å². The third-order valence-electron chi connectivity index (χ3n) is 2.11. The summed E-state index contributed by atoms with van der Waals surface area (Å²) in [5, 5.41) is 3.46. The molecule has 0 fully saturated rings. The molecule has 2 aromatic rings. The van der Waals surface area contributed by atoms with Gasteiger partial charge in [0.1, 0.15) is 5.82 Å². The lowest BCUT2D eigenvalue weighted by Crippen LogP contribution is -2.14. The molecule has 3 N–H and O–H groups in total. The SMILES string of the molecule is Nc1ccc(SCC(=O)Nc2ccc(Br)cn2)nc1. The zero-order valence-electron chi connectivity index (χ0n) is 9.84. The van der Waals surface area contributed by atoms with Gasteiger partial charge in [-0.1, -0.05) is 11.8 Å². The fourth-order valence-electron chi connectivity index (χ4n) is 1.25. The van der Waals surface area contributed by atoms with E-state index in [2.05, 4.69) is 31.2 Å². The van der Waals surface area contributed by atoms with Crippen molar-refractivity contribution in [2.75, 3.05) is 16.8 Å². The minimum atomic E-state index is -0.126. The zero-order valence-corrected chi connectivity index (χ0v) is 12.2. The number of halogens is 1. The van der Waals surface area contributed by atoms with Gasteiger partial charge in [0.25, 0.3) is 0 Å². The highest BCUT2D eigenvalue weighted by Gasteiger charge is 2.05. The van der Waals surface area contributed by atoms with Crippen LogP contribution in [0.3, 0.4) is 0 Å². The van der Waals surface area contributed by atoms with Gasteiger partial charge in [-0.2, -0.15) is 0 Å². The minimum Gasteiger partial charge on any atom is -0.397 e. The molecule has 0 saturated carbocycles. The van der Waals surface area contributed by atoms with Crippen LogP contribution in [0.25, 0.3) is 0 Å². The number of hydrogen-bond donors (Lipinski definition) is 2. The van der Waals surface area contributed by atoms with Crippen molar-refractivity contribution in [2.45, 2.75) is 5.03 Å². The number of pyridine rings is 2. The van der Waals surface area contributed by atoms with Gasteiger partial charge in [-0.15, -0.1) is 0 Å². The second kappa shape index (κ2) is 6.53. The second-order valence-corrected chi connectivity index (χ2v) is 5.54. The molecule has 7 heteroatoms. The maximum absolute atomic E-state index is 11.7. The summed E-state index contributed by atoms with van der Waals surface area (Å²) >= 11 is 4.62. The Labute approximate surface area is 123 Å². The molecule has 0 aliphatic rings.